The zero-order valence-corrected chi connectivity index (χ0v) is 7.25. The normalized spacial score (nSPS) is 3.86. The van der Waals surface area contributed by atoms with E-state index < -0.39 is 7.32 Å². The Morgan fingerprint density at radius 3 is 1.00 bits per heavy atom. The molecule has 0 spiro atoms. The largest absolute Gasteiger partial charge is 0.631 e. The summed E-state index contributed by atoms with van der Waals surface area (Å²) in [6, 6.07) is 0. The molecule has 48 valence electrons. The van der Waals surface area contributed by atoms with Crippen LogP contribution in [0.25, 0.3) is 0 Å². The van der Waals surface area contributed by atoms with Crippen molar-refractivity contribution in [1.82, 2.24) is 0 Å². The standard InChI is InChI=1S/Al.BH3O3.Lu.Y.3H/c;2-1(3)4;;;;;/h;2-4H;;;;;. The molecule has 0 aromatic carbocycles. The molecular formula is H6AlBLuO3Y. The van der Waals surface area contributed by atoms with Gasteiger partial charge < -0.3 is 15.1 Å². The van der Waals surface area contributed by atoms with Crippen molar-refractivity contribution in [2.45, 2.75) is 0 Å². The Kier molecular flexibility index (Phi) is 51.3. The van der Waals surface area contributed by atoms with Gasteiger partial charge in [-0.25, -0.2) is 0 Å². The van der Waals surface area contributed by atoms with Gasteiger partial charge in [-0.05, 0) is 0 Å². The first-order chi connectivity index (χ1) is 1.73. The van der Waals surface area contributed by atoms with Crippen molar-refractivity contribution in [3.63, 3.8) is 0 Å². The van der Waals surface area contributed by atoms with E-state index >= 15 is 0 Å². The summed E-state index contributed by atoms with van der Waals surface area (Å²) in [5.74, 6) is 0. The molecule has 0 amide bonds. The van der Waals surface area contributed by atoms with Crippen LogP contribution >= 0.6 is 0 Å². The minimum atomic E-state index is -2.17. The molecule has 0 atom stereocenters. The average molecular weight is 356 g/mol. The third-order valence-electron chi connectivity index (χ3n) is 0. The SMILES string of the molecule is OB(O)O.[AlH3].[Lu].[Y]. The van der Waals surface area contributed by atoms with Gasteiger partial charge in [0.2, 0.25) is 0 Å². The van der Waals surface area contributed by atoms with Crippen molar-refractivity contribution < 1.29 is 84.7 Å². The molecule has 0 unspecified atom stereocenters. The molecule has 3 nitrogen and oxygen atoms in total. The molecule has 0 saturated carbocycles. The molecule has 7 heavy (non-hydrogen) atoms. The van der Waals surface area contributed by atoms with E-state index in [-0.39, 0.29) is 86.9 Å². The van der Waals surface area contributed by atoms with Crippen molar-refractivity contribution in [1.29, 1.82) is 0 Å². The maximum atomic E-state index is 7.17. The quantitative estimate of drug-likeness (QED) is 0.400. The van der Waals surface area contributed by atoms with Crippen LogP contribution in [-0.2, 0) is 32.7 Å². The summed E-state index contributed by atoms with van der Waals surface area (Å²) < 4.78 is 0. The van der Waals surface area contributed by atoms with E-state index in [1.807, 2.05) is 0 Å². The van der Waals surface area contributed by atoms with Gasteiger partial charge in [-0.15, -0.1) is 0 Å². The van der Waals surface area contributed by atoms with Gasteiger partial charge in [-0.2, -0.15) is 0 Å². The predicted molar refractivity (Wildman–Crippen MR) is 22.3 cm³/mol. The average Bonchev–Trinajstić information content (AvgIpc) is 0.811. The molecule has 3 N–H and O–H groups in total. The minimum Gasteiger partial charge on any atom is -0.402 e. The Morgan fingerprint density at radius 2 is 1.00 bits per heavy atom. The molecular weight excluding hydrogens is 350 g/mol. The Morgan fingerprint density at radius 1 is 1.00 bits per heavy atom. The van der Waals surface area contributed by atoms with Crippen LogP contribution in [-0.4, -0.2) is 39.8 Å². The van der Waals surface area contributed by atoms with Gasteiger partial charge in [0.25, 0.3) is 0 Å². The molecule has 0 aromatic rings. The predicted octanol–water partition coefficient (Wildman–Crippen LogP) is -3.24. The summed E-state index contributed by atoms with van der Waals surface area (Å²) in [6.45, 7) is 0. The molecule has 0 aliphatic heterocycles. The molecule has 0 aliphatic rings. The summed E-state index contributed by atoms with van der Waals surface area (Å²) in [7, 11) is -2.17. The number of hydrogen-bond donors (Lipinski definition) is 3. The van der Waals surface area contributed by atoms with Crippen molar-refractivity contribution in [3.8, 4) is 0 Å². The van der Waals surface area contributed by atoms with E-state index in [2.05, 4.69) is 0 Å². The zero-order chi connectivity index (χ0) is 3.58. The first-order valence-corrected chi connectivity index (χ1v) is 0.775. The third-order valence-corrected chi connectivity index (χ3v) is 0. The van der Waals surface area contributed by atoms with Gasteiger partial charge in [0.15, 0.2) is 17.4 Å². The fourth-order valence-corrected chi connectivity index (χ4v) is 0. The smallest absolute Gasteiger partial charge is 0.402 e. The summed E-state index contributed by atoms with van der Waals surface area (Å²) in [5, 5.41) is 21.5. The van der Waals surface area contributed by atoms with E-state index in [1.165, 1.54) is 0 Å². The van der Waals surface area contributed by atoms with Crippen molar-refractivity contribution in [2.24, 2.45) is 0 Å². The van der Waals surface area contributed by atoms with Crippen LogP contribution in [0.15, 0.2) is 0 Å². The van der Waals surface area contributed by atoms with Crippen LogP contribution in [0.3, 0.4) is 0 Å². The van der Waals surface area contributed by atoms with Crippen molar-refractivity contribution >= 4 is 24.7 Å². The van der Waals surface area contributed by atoms with Crippen LogP contribution in [0.5, 0.6) is 0 Å². The fourth-order valence-electron chi connectivity index (χ4n) is 0. The molecule has 0 aromatic heterocycles. The topological polar surface area (TPSA) is 60.7 Å². The summed E-state index contributed by atoms with van der Waals surface area (Å²) in [4.78, 5) is 0. The second-order valence-electron chi connectivity index (χ2n) is 0.346. The molecule has 7 heteroatoms. The summed E-state index contributed by atoms with van der Waals surface area (Å²) >= 11 is 0. The maximum Gasteiger partial charge on any atom is 0.631 e. The van der Waals surface area contributed by atoms with E-state index in [0.29, 0.717) is 0 Å². The third kappa shape index (κ3) is 51.7. The second kappa shape index (κ2) is 15.9. The second-order valence-corrected chi connectivity index (χ2v) is 0.346. The first-order valence-electron chi connectivity index (χ1n) is 0.775. The van der Waals surface area contributed by atoms with Crippen molar-refractivity contribution in [3.05, 3.63) is 0 Å². The van der Waals surface area contributed by atoms with Gasteiger partial charge in [-0.1, -0.05) is 0 Å². The van der Waals surface area contributed by atoms with Crippen LogP contribution in [0.2, 0.25) is 0 Å². The molecule has 0 bridgehead atoms. The molecule has 0 rings (SSSR count). The molecule has 0 fully saturated rings. The van der Waals surface area contributed by atoms with Crippen LogP contribution in [0.1, 0.15) is 0 Å². The maximum absolute atomic E-state index is 7.17. The number of hydrogen-bond acceptors (Lipinski definition) is 3. The number of rotatable bonds is 0. The summed E-state index contributed by atoms with van der Waals surface area (Å²) in [5.41, 5.74) is 0. The Hall–Kier alpha value is 2.82. The molecule has 2 radical (unpaired) electrons. The summed E-state index contributed by atoms with van der Waals surface area (Å²) in [6.07, 6.45) is 0. The monoisotopic (exact) mass is 356 g/mol. The fraction of sp³-hybridized carbons (Fsp3) is 0. The van der Waals surface area contributed by atoms with E-state index in [1.54, 1.807) is 0 Å². The molecule has 0 aliphatic carbocycles. The Labute approximate surface area is 107 Å². The van der Waals surface area contributed by atoms with Crippen LogP contribution in [0, 0.1) is 36.9 Å². The van der Waals surface area contributed by atoms with Gasteiger partial charge >= 0.3 is 7.32 Å². The zero-order valence-electron chi connectivity index (χ0n) is 2.75. The van der Waals surface area contributed by atoms with E-state index in [9.17, 15) is 0 Å². The first kappa shape index (κ1) is 22.6. The minimum absolute atomic E-state index is 0. The van der Waals surface area contributed by atoms with Gasteiger partial charge in [0, 0.05) is 69.6 Å². The van der Waals surface area contributed by atoms with Gasteiger partial charge in [0.05, 0.1) is 0 Å². The van der Waals surface area contributed by atoms with Gasteiger partial charge in [-0.3, -0.25) is 0 Å². The Balaban J connectivity index is -0.0000000150. The Bertz CT molecular complexity index is 19.7. The van der Waals surface area contributed by atoms with Crippen LogP contribution in [0.4, 0.5) is 0 Å². The van der Waals surface area contributed by atoms with Gasteiger partial charge in [0.1, 0.15) is 0 Å². The van der Waals surface area contributed by atoms with E-state index in [4.69, 9.17) is 15.1 Å². The van der Waals surface area contributed by atoms with Crippen molar-refractivity contribution in [2.75, 3.05) is 0 Å². The molecule has 0 saturated heterocycles. The van der Waals surface area contributed by atoms with Crippen LogP contribution < -0.4 is 0 Å². The van der Waals surface area contributed by atoms with E-state index in [0.717, 1.165) is 0 Å². The molecule has 0 heterocycles.